The molecule has 0 aromatic heterocycles. The Morgan fingerprint density at radius 3 is 1.22 bits per heavy atom. The lowest BCUT2D eigenvalue weighted by Crippen LogP contribution is -1.67. The first-order chi connectivity index (χ1) is 8.88. The van der Waals surface area contributed by atoms with E-state index in [1.165, 1.54) is 35.6 Å². The Morgan fingerprint density at radius 1 is 0.556 bits per heavy atom. The van der Waals surface area contributed by atoms with Crippen LogP contribution in [-0.2, 0) is 0 Å². The minimum absolute atomic E-state index is 1.20. The maximum Gasteiger partial charge on any atom is 0.0668 e. The lowest BCUT2D eigenvalue weighted by atomic mass is 10.6. The van der Waals surface area contributed by atoms with Crippen LogP contribution in [0, 0.1) is 0 Å². The standard InChI is InChI=1S/C10H6S8/c1(5-15-7-8(16-5)12-3-11-7)2-6-17-9-10(18-6)14-4-13-9/h1-2H,3-4H2. The smallest absolute Gasteiger partial charge is 0.0668 e. The highest BCUT2D eigenvalue weighted by Gasteiger charge is 2.28. The van der Waals surface area contributed by atoms with Crippen molar-refractivity contribution in [2.45, 2.75) is 0 Å². The summed E-state index contributed by atoms with van der Waals surface area (Å²) in [5, 5.41) is 2.41. The van der Waals surface area contributed by atoms with Crippen LogP contribution in [0.4, 0.5) is 0 Å². The first-order valence-corrected chi connectivity index (χ1v) is 12.2. The Balaban J connectivity index is 1.42. The largest absolute Gasteiger partial charge is 0.106 e. The van der Waals surface area contributed by atoms with E-state index in [-0.39, 0.29) is 0 Å². The molecule has 94 valence electrons. The molecule has 0 aromatic rings. The summed E-state index contributed by atoms with van der Waals surface area (Å²) in [5.74, 6) is 0. The maximum atomic E-state index is 2.29. The van der Waals surface area contributed by atoms with E-state index in [2.05, 4.69) is 12.2 Å². The molecule has 0 saturated carbocycles. The topological polar surface area (TPSA) is 0 Å². The number of thioether (sulfide) groups is 8. The number of hydrogen-bond acceptors (Lipinski definition) is 8. The molecule has 18 heavy (non-hydrogen) atoms. The Hall–Kier alpha value is 1.76. The van der Waals surface area contributed by atoms with Crippen molar-refractivity contribution < 1.29 is 0 Å². The molecular formula is C10H6S8. The van der Waals surface area contributed by atoms with E-state index in [1.54, 1.807) is 0 Å². The third-order valence-electron chi connectivity index (χ3n) is 2.22. The molecule has 0 N–H and O–H groups in total. The van der Waals surface area contributed by atoms with Crippen molar-refractivity contribution in [3.05, 3.63) is 37.6 Å². The quantitative estimate of drug-likeness (QED) is 0.481. The zero-order valence-corrected chi connectivity index (χ0v) is 15.4. The summed E-state index contributed by atoms with van der Waals surface area (Å²) < 4.78 is 8.95. The summed E-state index contributed by atoms with van der Waals surface area (Å²) in [7, 11) is 0. The minimum Gasteiger partial charge on any atom is -0.106 e. The zero-order valence-electron chi connectivity index (χ0n) is 8.83. The summed E-state index contributed by atoms with van der Waals surface area (Å²) in [6, 6.07) is 0. The van der Waals surface area contributed by atoms with Crippen LogP contribution >= 0.6 is 94.1 Å². The fourth-order valence-corrected chi connectivity index (χ4v) is 13.9. The Bertz CT molecular complexity index is 442. The monoisotopic (exact) mass is 382 g/mol. The average Bonchev–Trinajstić information content (AvgIpc) is 3.04. The van der Waals surface area contributed by atoms with Gasteiger partial charge in [-0.25, -0.2) is 0 Å². The fourth-order valence-electron chi connectivity index (χ4n) is 1.47. The lowest BCUT2D eigenvalue weighted by Gasteiger charge is -1.99. The Kier molecular flexibility index (Phi) is 4.38. The molecule has 0 nitrogen and oxygen atoms in total. The number of rotatable bonds is 1. The molecule has 4 rings (SSSR count). The molecule has 4 heterocycles. The Labute approximate surface area is 140 Å². The van der Waals surface area contributed by atoms with Gasteiger partial charge in [0, 0.05) is 10.2 Å². The van der Waals surface area contributed by atoms with Crippen LogP contribution in [0.3, 0.4) is 0 Å². The highest BCUT2D eigenvalue weighted by molar-refractivity contribution is 8.46. The van der Waals surface area contributed by atoms with E-state index in [1.807, 2.05) is 94.1 Å². The van der Waals surface area contributed by atoms with Crippen molar-refractivity contribution in [3.8, 4) is 0 Å². The van der Waals surface area contributed by atoms with E-state index in [4.69, 9.17) is 0 Å². The van der Waals surface area contributed by atoms with Gasteiger partial charge in [-0.15, -0.1) is 47.0 Å². The first-order valence-electron chi connectivity index (χ1n) is 5.01. The normalized spacial score (nSPS) is 26.2. The van der Waals surface area contributed by atoms with Crippen molar-refractivity contribution in [1.82, 2.24) is 0 Å². The van der Waals surface area contributed by atoms with Crippen molar-refractivity contribution in [3.63, 3.8) is 0 Å². The molecule has 0 amide bonds. The van der Waals surface area contributed by atoms with Gasteiger partial charge in [0.1, 0.15) is 0 Å². The molecule has 0 bridgehead atoms. The second kappa shape index (κ2) is 5.87. The molecule has 0 aromatic carbocycles. The highest BCUT2D eigenvalue weighted by Crippen LogP contribution is 2.64. The summed E-state index contributed by atoms with van der Waals surface area (Å²) in [5.41, 5.74) is 0. The van der Waals surface area contributed by atoms with Crippen molar-refractivity contribution >= 4 is 94.1 Å². The summed E-state index contributed by atoms with van der Waals surface area (Å²) in [4.78, 5) is 0. The molecule has 0 unspecified atom stereocenters. The molecule has 0 fully saturated rings. The van der Waals surface area contributed by atoms with Gasteiger partial charge in [-0.2, -0.15) is 0 Å². The molecule has 4 aliphatic heterocycles. The zero-order chi connectivity index (χ0) is 11.9. The molecule has 0 atom stereocenters. The van der Waals surface area contributed by atoms with Crippen molar-refractivity contribution in [2.24, 2.45) is 0 Å². The number of hydrogen-bond donors (Lipinski definition) is 0. The second-order valence-corrected chi connectivity index (χ2v) is 13.8. The average molecular weight is 383 g/mol. The lowest BCUT2D eigenvalue weighted by molar-refractivity contribution is 2.05. The van der Waals surface area contributed by atoms with Crippen LogP contribution in [-0.4, -0.2) is 10.2 Å². The van der Waals surface area contributed by atoms with E-state index in [0.717, 1.165) is 0 Å². The maximum absolute atomic E-state index is 2.29. The Morgan fingerprint density at radius 2 is 0.889 bits per heavy atom. The minimum atomic E-state index is 1.20. The van der Waals surface area contributed by atoms with Gasteiger partial charge in [0.25, 0.3) is 0 Å². The van der Waals surface area contributed by atoms with Gasteiger partial charge >= 0.3 is 0 Å². The van der Waals surface area contributed by atoms with Gasteiger partial charge in [0.15, 0.2) is 0 Å². The third-order valence-corrected chi connectivity index (χ3v) is 13.3. The summed E-state index contributed by atoms with van der Waals surface area (Å²) >= 11 is 15.7. The predicted octanol–water partition coefficient (Wildman–Crippen LogP) is 6.76. The predicted molar refractivity (Wildman–Crippen MR) is 101 cm³/mol. The van der Waals surface area contributed by atoms with Crippen LogP contribution < -0.4 is 0 Å². The molecule has 0 spiro atoms. The third kappa shape index (κ3) is 2.73. The first kappa shape index (κ1) is 13.4. The van der Waals surface area contributed by atoms with E-state index in [0.29, 0.717) is 0 Å². The summed E-state index contributed by atoms with van der Waals surface area (Å²) in [6.07, 6.45) is 4.59. The van der Waals surface area contributed by atoms with Crippen LogP contribution in [0.5, 0.6) is 0 Å². The van der Waals surface area contributed by atoms with Crippen LogP contribution in [0.15, 0.2) is 37.6 Å². The van der Waals surface area contributed by atoms with E-state index < -0.39 is 0 Å². The SMILES string of the molecule is C(C=C1SC2=C(SCS2)S1)=C1SC2=C(SCS2)S1. The fraction of sp³-hybridized carbons (Fsp3) is 0.200. The molecule has 0 aliphatic carbocycles. The van der Waals surface area contributed by atoms with Gasteiger partial charge in [-0.3, -0.25) is 0 Å². The molecular weight excluding hydrogens is 377 g/mol. The van der Waals surface area contributed by atoms with Gasteiger partial charge in [0.2, 0.25) is 0 Å². The molecule has 0 saturated heterocycles. The molecule has 8 heteroatoms. The highest BCUT2D eigenvalue weighted by atomic mass is 32.3. The van der Waals surface area contributed by atoms with Gasteiger partial charge in [-0.1, -0.05) is 47.0 Å². The van der Waals surface area contributed by atoms with Gasteiger partial charge in [-0.05, 0) is 12.2 Å². The van der Waals surface area contributed by atoms with Crippen LogP contribution in [0.25, 0.3) is 0 Å². The van der Waals surface area contributed by atoms with Gasteiger partial charge < -0.3 is 0 Å². The van der Waals surface area contributed by atoms with E-state index >= 15 is 0 Å². The van der Waals surface area contributed by atoms with E-state index in [9.17, 15) is 0 Å². The number of allylic oxidation sites excluding steroid dienone is 2. The van der Waals surface area contributed by atoms with Crippen molar-refractivity contribution in [1.29, 1.82) is 0 Å². The van der Waals surface area contributed by atoms with Crippen LogP contribution in [0.1, 0.15) is 0 Å². The van der Waals surface area contributed by atoms with Crippen molar-refractivity contribution in [2.75, 3.05) is 10.2 Å². The molecule has 4 aliphatic rings. The summed E-state index contributed by atoms with van der Waals surface area (Å²) in [6.45, 7) is 0. The molecule has 0 radical (unpaired) electrons. The van der Waals surface area contributed by atoms with Crippen LogP contribution in [0.2, 0.25) is 0 Å². The second-order valence-electron chi connectivity index (χ2n) is 3.34. The van der Waals surface area contributed by atoms with Gasteiger partial charge in [0.05, 0.1) is 25.4 Å².